The lowest BCUT2D eigenvalue weighted by atomic mass is 10.1. The summed E-state index contributed by atoms with van der Waals surface area (Å²) >= 11 is 0. The average Bonchev–Trinajstić information content (AvgIpc) is 2.59. The molecule has 0 saturated carbocycles. The molecular formula is C18H29ClN4O. The lowest BCUT2D eigenvalue weighted by Gasteiger charge is -2.28. The molecule has 0 fully saturated rings. The minimum Gasteiger partial charge on any atom is -0.277 e. The van der Waals surface area contributed by atoms with E-state index in [0.717, 1.165) is 24.4 Å². The summed E-state index contributed by atoms with van der Waals surface area (Å²) in [4.78, 5) is 21.0. The Bertz CT molecular complexity index is 548. The van der Waals surface area contributed by atoms with Crippen molar-refractivity contribution in [3.05, 3.63) is 18.3 Å². The number of hydrazine groups is 1. The van der Waals surface area contributed by atoms with Crippen LogP contribution in [0.15, 0.2) is 23.3 Å². The molecule has 6 heteroatoms. The van der Waals surface area contributed by atoms with Gasteiger partial charge < -0.3 is 0 Å². The van der Waals surface area contributed by atoms with Gasteiger partial charge in [0.2, 0.25) is 5.91 Å². The first-order valence-electron chi connectivity index (χ1n) is 8.88. The number of aromatic nitrogens is 1. The molecule has 1 aromatic heterocycles. The number of aliphatic imine (C=N–C) groups is 1. The molecule has 1 amide bonds. The van der Waals surface area contributed by atoms with Gasteiger partial charge in [0.05, 0.1) is 0 Å². The third kappa shape index (κ3) is 5.78. The molecule has 1 aromatic rings. The minimum atomic E-state index is 0. The molecular weight excluding hydrogens is 324 g/mol. The maximum atomic E-state index is 12.1. The molecule has 0 unspecified atom stereocenters. The third-order valence-electron chi connectivity index (χ3n) is 4.04. The average molecular weight is 353 g/mol. The molecule has 0 spiro atoms. The standard InChI is InChI=1S/C18H28N4O.ClH/c1-3-5-6-7-8-9-10-13-16-20-15-12-11-14-19-18(15)22(21-16)17(23)4-2;/h11-12,14H,3-10,13H2,1-2H3,(H,20,21);1H. The number of nitrogens with one attached hydrogen (secondary N) is 1. The molecule has 24 heavy (non-hydrogen) atoms. The largest absolute Gasteiger partial charge is 0.277 e. The Kier molecular flexibility index (Phi) is 9.38. The van der Waals surface area contributed by atoms with Crippen LogP contribution in [-0.2, 0) is 4.79 Å². The van der Waals surface area contributed by atoms with Crippen LogP contribution < -0.4 is 10.4 Å². The highest BCUT2D eigenvalue weighted by Crippen LogP contribution is 2.28. The van der Waals surface area contributed by atoms with Crippen LogP contribution in [0, 0.1) is 0 Å². The van der Waals surface area contributed by atoms with E-state index in [1.54, 1.807) is 11.2 Å². The number of halogens is 1. The van der Waals surface area contributed by atoms with Crippen LogP contribution in [0.3, 0.4) is 0 Å². The second kappa shape index (κ2) is 11.0. The first kappa shape index (κ1) is 20.4. The van der Waals surface area contributed by atoms with Crippen molar-refractivity contribution in [1.82, 2.24) is 10.4 Å². The van der Waals surface area contributed by atoms with E-state index < -0.39 is 0 Å². The lowest BCUT2D eigenvalue weighted by molar-refractivity contribution is -0.118. The van der Waals surface area contributed by atoms with Gasteiger partial charge in [0.1, 0.15) is 11.5 Å². The van der Waals surface area contributed by atoms with E-state index in [2.05, 4.69) is 22.3 Å². The molecule has 0 bridgehead atoms. The fourth-order valence-electron chi connectivity index (χ4n) is 2.70. The van der Waals surface area contributed by atoms with Crippen LogP contribution in [0.5, 0.6) is 0 Å². The molecule has 0 aliphatic carbocycles. The Labute approximate surface area is 151 Å². The molecule has 0 aromatic carbocycles. The lowest BCUT2D eigenvalue weighted by Crippen LogP contribution is -2.48. The number of hydrogen-bond acceptors (Lipinski definition) is 4. The molecule has 1 N–H and O–H groups in total. The SMILES string of the molecule is CCCCCCCCCC1=Nc2cccnc2N(C(=O)CC)N1.Cl. The van der Waals surface area contributed by atoms with Gasteiger partial charge in [-0.05, 0) is 18.6 Å². The van der Waals surface area contributed by atoms with Gasteiger partial charge in [-0.25, -0.2) is 15.0 Å². The van der Waals surface area contributed by atoms with Crippen LogP contribution >= 0.6 is 12.4 Å². The Hall–Kier alpha value is -1.62. The van der Waals surface area contributed by atoms with Gasteiger partial charge >= 0.3 is 0 Å². The van der Waals surface area contributed by atoms with Crippen molar-refractivity contribution in [1.29, 1.82) is 0 Å². The molecule has 1 aliphatic heterocycles. The number of nitrogens with zero attached hydrogens (tertiary/aromatic N) is 3. The van der Waals surface area contributed by atoms with Gasteiger partial charge in [-0.15, -0.1) is 12.4 Å². The van der Waals surface area contributed by atoms with E-state index in [1.807, 2.05) is 19.1 Å². The van der Waals surface area contributed by atoms with E-state index >= 15 is 0 Å². The Morgan fingerprint density at radius 2 is 1.83 bits per heavy atom. The van der Waals surface area contributed by atoms with E-state index in [-0.39, 0.29) is 18.3 Å². The number of amides is 1. The van der Waals surface area contributed by atoms with E-state index in [1.165, 1.54) is 38.5 Å². The Morgan fingerprint density at radius 3 is 2.54 bits per heavy atom. The maximum absolute atomic E-state index is 12.1. The number of unbranched alkanes of at least 4 members (excludes halogenated alkanes) is 6. The van der Waals surface area contributed by atoms with E-state index in [9.17, 15) is 4.79 Å². The van der Waals surface area contributed by atoms with Crippen molar-refractivity contribution in [3.63, 3.8) is 0 Å². The number of rotatable bonds is 9. The van der Waals surface area contributed by atoms with E-state index in [0.29, 0.717) is 12.2 Å². The van der Waals surface area contributed by atoms with Gasteiger partial charge in [-0.1, -0.05) is 52.4 Å². The highest BCUT2D eigenvalue weighted by molar-refractivity contribution is 6.02. The first-order valence-corrected chi connectivity index (χ1v) is 8.88. The van der Waals surface area contributed by atoms with E-state index in [4.69, 9.17) is 0 Å². The summed E-state index contributed by atoms with van der Waals surface area (Å²) in [6.07, 6.45) is 11.9. The van der Waals surface area contributed by atoms with Crippen LogP contribution in [0.25, 0.3) is 0 Å². The normalized spacial score (nSPS) is 12.8. The molecule has 5 nitrogen and oxygen atoms in total. The number of fused-ring (bicyclic) bond motifs is 1. The second-order valence-corrected chi connectivity index (χ2v) is 5.97. The van der Waals surface area contributed by atoms with Gasteiger partial charge in [-0.2, -0.15) is 0 Å². The highest BCUT2D eigenvalue weighted by atomic mass is 35.5. The molecule has 2 heterocycles. The zero-order chi connectivity index (χ0) is 16.5. The summed E-state index contributed by atoms with van der Waals surface area (Å²) in [5, 5.41) is 1.54. The van der Waals surface area contributed by atoms with Crippen molar-refractivity contribution >= 4 is 35.7 Å². The van der Waals surface area contributed by atoms with Gasteiger partial charge in [0.15, 0.2) is 5.82 Å². The van der Waals surface area contributed by atoms with Crippen molar-refractivity contribution in [2.75, 3.05) is 5.01 Å². The zero-order valence-electron chi connectivity index (χ0n) is 14.8. The molecule has 1 aliphatic rings. The summed E-state index contributed by atoms with van der Waals surface area (Å²) < 4.78 is 0. The van der Waals surface area contributed by atoms with Crippen LogP contribution in [0.4, 0.5) is 11.5 Å². The summed E-state index contributed by atoms with van der Waals surface area (Å²) in [7, 11) is 0. The monoisotopic (exact) mass is 352 g/mol. The van der Waals surface area contributed by atoms with Crippen molar-refractivity contribution in [2.45, 2.75) is 71.6 Å². The van der Waals surface area contributed by atoms with Crippen molar-refractivity contribution < 1.29 is 4.79 Å². The second-order valence-electron chi connectivity index (χ2n) is 5.97. The summed E-state index contributed by atoms with van der Waals surface area (Å²) in [5.74, 6) is 1.47. The third-order valence-corrected chi connectivity index (χ3v) is 4.04. The number of amidine groups is 1. The van der Waals surface area contributed by atoms with Gasteiger partial charge in [0.25, 0.3) is 0 Å². The van der Waals surface area contributed by atoms with Crippen LogP contribution in [0.1, 0.15) is 71.6 Å². The summed E-state index contributed by atoms with van der Waals surface area (Å²) in [5.41, 5.74) is 3.91. The fourth-order valence-corrected chi connectivity index (χ4v) is 2.70. The number of hydrogen-bond donors (Lipinski definition) is 1. The zero-order valence-corrected chi connectivity index (χ0v) is 15.6. The van der Waals surface area contributed by atoms with Crippen molar-refractivity contribution in [3.8, 4) is 0 Å². The number of anilines is 1. The molecule has 0 saturated heterocycles. The highest BCUT2D eigenvalue weighted by Gasteiger charge is 2.24. The number of carbonyl (C=O) groups excluding carboxylic acids is 1. The first-order chi connectivity index (χ1) is 11.3. The van der Waals surface area contributed by atoms with Crippen LogP contribution in [0.2, 0.25) is 0 Å². The quantitative estimate of drug-likeness (QED) is 0.640. The van der Waals surface area contributed by atoms with Crippen molar-refractivity contribution in [2.24, 2.45) is 4.99 Å². The fraction of sp³-hybridized carbons (Fsp3) is 0.611. The summed E-state index contributed by atoms with van der Waals surface area (Å²) in [6.45, 7) is 4.09. The predicted octanol–water partition coefficient (Wildman–Crippen LogP) is 4.94. The van der Waals surface area contributed by atoms with Gasteiger partial charge in [-0.3, -0.25) is 10.2 Å². The molecule has 134 valence electrons. The molecule has 0 atom stereocenters. The number of pyridine rings is 1. The topological polar surface area (TPSA) is 57.6 Å². The Balaban J connectivity index is 0.00000288. The maximum Gasteiger partial charge on any atom is 0.246 e. The Morgan fingerprint density at radius 1 is 1.12 bits per heavy atom. The molecule has 2 rings (SSSR count). The number of carbonyl (C=O) groups is 1. The summed E-state index contributed by atoms with van der Waals surface area (Å²) in [6, 6.07) is 3.76. The smallest absolute Gasteiger partial charge is 0.246 e. The predicted molar refractivity (Wildman–Crippen MR) is 102 cm³/mol. The molecule has 0 radical (unpaired) electrons. The van der Waals surface area contributed by atoms with Gasteiger partial charge in [0, 0.05) is 19.0 Å². The van der Waals surface area contributed by atoms with Crippen LogP contribution in [-0.4, -0.2) is 16.7 Å². The minimum absolute atomic E-state index is 0.